The highest BCUT2D eigenvalue weighted by Crippen LogP contribution is 2.12. The molecular formula is C14H23N3O. The summed E-state index contributed by atoms with van der Waals surface area (Å²) in [7, 11) is 0. The van der Waals surface area contributed by atoms with Gasteiger partial charge >= 0.3 is 0 Å². The fourth-order valence-corrected chi connectivity index (χ4v) is 1.78. The van der Waals surface area contributed by atoms with E-state index in [4.69, 9.17) is 5.73 Å². The second-order valence-electron chi connectivity index (χ2n) is 4.58. The zero-order valence-corrected chi connectivity index (χ0v) is 11.5. The van der Waals surface area contributed by atoms with Crippen molar-refractivity contribution in [3.8, 4) is 0 Å². The number of rotatable bonds is 6. The zero-order valence-electron chi connectivity index (χ0n) is 11.5. The molecule has 4 heteroatoms. The number of nitrogens with two attached hydrogens (primary N) is 1. The summed E-state index contributed by atoms with van der Waals surface area (Å²) in [5.74, 6) is -0.0231. The molecule has 0 bridgehead atoms. The van der Waals surface area contributed by atoms with Gasteiger partial charge in [0.2, 0.25) is 0 Å². The van der Waals surface area contributed by atoms with Crippen molar-refractivity contribution in [2.45, 2.75) is 46.1 Å². The summed E-state index contributed by atoms with van der Waals surface area (Å²) in [5, 5.41) is 0. The lowest BCUT2D eigenvalue weighted by Gasteiger charge is -2.28. The predicted octanol–water partition coefficient (Wildman–Crippen LogP) is 2.70. The minimum atomic E-state index is -0.0231. The highest BCUT2D eigenvalue weighted by molar-refractivity contribution is 5.93. The van der Waals surface area contributed by atoms with Gasteiger partial charge in [0, 0.05) is 24.5 Å². The van der Waals surface area contributed by atoms with Gasteiger partial charge in [-0.15, -0.1) is 0 Å². The van der Waals surface area contributed by atoms with Crippen molar-refractivity contribution in [1.29, 1.82) is 0 Å². The topological polar surface area (TPSA) is 59.2 Å². The second-order valence-corrected chi connectivity index (χ2v) is 4.58. The minimum absolute atomic E-state index is 0.0231. The molecule has 0 aliphatic rings. The van der Waals surface area contributed by atoms with Gasteiger partial charge in [0.1, 0.15) is 5.69 Å². The van der Waals surface area contributed by atoms with Crippen LogP contribution in [0.2, 0.25) is 0 Å². The summed E-state index contributed by atoms with van der Waals surface area (Å²) >= 11 is 0. The quantitative estimate of drug-likeness (QED) is 0.843. The number of carbonyl (C=O) groups excluding carboxylic acids is 1. The highest BCUT2D eigenvalue weighted by Gasteiger charge is 2.20. The molecule has 1 unspecified atom stereocenters. The summed E-state index contributed by atoms with van der Waals surface area (Å²) in [5.41, 5.74) is 6.71. The molecule has 1 aromatic heterocycles. The highest BCUT2D eigenvalue weighted by atomic mass is 16.2. The third-order valence-corrected chi connectivity index (χ3v) is 3.14. The van der Waals surface area contributed by atoms with Crippen molar-refractivity contribution >= 4 is 11.6 Å². The maximum Gasteiger partial charge on any atom is 0.272 e. The lowest BCUT2D eigenvalue weighted by atomic mass is 10.1. The Kier molecular flexibility index (Phi) is 5.62. The molecule has 18 heavy (non-hydrogen) atoms. The molecule has 0 radical (unpaired) electrons. The molecule has 4 nitrogen and oxygen atoms in total. The summed E-state index contributed by atoms with van der Waals surface area (Å²) in [4.78, 5) is 18.4. The summed E-state index contributed by atoms with van der Waals surface area (Å²) < 4.78 is 0. The number of amides is 1. The van der Waals surface area contributed by atoms with Crippen LogP contribution in [0.4, 0.5) is 5.69 Å². The van der Waals surface area contributed by atoms with Gasteiger partial charge in [0.25, 0.3) is 5.91 Å². The van der Waals surface area contributed by atoms with E-state index in [1.165, 1.54) is 0 Å². The fourth-order valence-electron chi connectivity index (χ4n) is 1.78. The molecule has 1 rings (SSSR count). The molecule has 0 fully saturated rings. The predicted molar refractivity (Wildman–Crippen MR) is 74.3 cm³/mol. The van der Waals surface area contributed by atoms with E-state index in [9.17, 15) is 4.79 Å². The normalized spacial score (nSPS) is 12.2. The van der Waals surface area contributed by atoms with Crippen molar-refractivity contribution in [3.05, 3.63) is 24.0 Å². The molecule has 1 aromatic rings. The Morgan fingerprint density at radius 1 is 1.50 bits per heavy atom. The van der Waals surface area contributed by atoms with Crippen molar-refractivity contribution in [2.75, 3.05) is 12.3 Å². The number of unbranched alkanes of at least 4 members (excludes halogenated alkanes) is 1. The number of nitrogen functional groups attached to an aromatic ring is 1. The number of nitrogens with zero attached hydrogens (tertiary/aromatic N) is 2. The molecule has 0 saturated carbocycles. The molecule has 100 valence electrons. The first-order chi connectivity index (χ1) is 8.60. The van der Waals surface area contributed by atoms with E-state index in [1.54, 1.807) is 18.3 Å². The maximum absolute atomic E-state index is 12.4. The third-order valence-electron chi connectivity index (χ3n) is 3.14. The fraction of sp³-hybridized carbons (Fsp3) is 0.571. The SMILES string of the molecule is CCCCN(C(=O)c1cc(N)ccn1)C(C)CC. The van der Waals surface area contributed by atoms with Crippen LogP contribution in [0.3, 0.4) is 0 Å². The summed E-state index contributed by atoms with van der Waals surface area (Å²) in [6, 6.07) is 3.56. The average molecular weight is 249 g/mol. The second kappa shape index (κ2) is 6.99. The lowest BCUT2D eigenvalue weighted by molar-refractivity contribution is 0.0679. The molecule has 0 aromatic carbocycles. The van der Waals surface area contributed by atoms with Crippen LogP contribution in [0, 0.1) is 0 Å². The monoisotopic (exact) mass is 249 g/mol. The van der Waals surface area contributed by atoms with Crippen molar-refractivity contribution in [2.24, 2.45) is 0 Å². The van der Waals surface area contributed by atoms with E-state index in [0.29, 0.717) is 11.4 Å². The van der Waals surface area contributed by atoms with Gasteiger partial charge in [0.05, 0.1) is 0 Å². The van der Waals surface area contributed by atoms with E-state index in [-0.39, 0.29) is 11.9 Å². The number of aromatic nitrogens is 1. The van der Waals surface area contributed by atoms with Crippen LogP contribution in [0.15, 0.2) is 18.3 Å². The molecular weight excluding hydrogens is 226 g/mol. The molecule has 0 saturated heterocycles. The first kappa shape index (κ1) is 14.5. The molecule has 1 atom stereocenters. The van der Waals surface area contributed by atoms with Crippen LogP contribution in [0.1, 0.15) is 50.5 Å². The van der Waals surface area contributed by atoms with Crippen molar-refractivity contribution in [1.82, 2.24) is 9.88 Å². The smallest absolute Gasteiger partial charge is 0.272 e. The lowest BCUT2D eigenvalue weighted by Crippen LogP contribution is -2.39. The van der Waals surface area contributed by atoms with Gasteiger partial charge in [-0.05, 0) is 31.9 Å². The maximum atomic E-state index is 12.4. The largest absolute Gasteiger partial charge is 0.399 e. The van der Waals surface area contributed by atoms with E-state index >= 15 is 0 Å². The van der Waals surface area contributed by atoms with E-state index in [0.717, 1.165) is 25.8 Å². The molecule has 2 N–H and O–H groups in total. The van der Waals surface area contributed by atoms with Crippen LogP contribution in [0.25, 0.3) is 0 Å². The Hall–Kier alpha value is -1.58. The van der Waals surface area contributed by atoms with Crippen molar-refractivity contribution < 1.29 is 4.79 Å². The minimum Gasteiger partial charge on any atom is -0.399 e. The molecule has 1 amide bonds. The number of hydrogen-bond acceptors (Lipinski definition) is 3. The summed E-state index contributed by atoms with van der Waals surface area (Å²) in [6.45, 7) is 7.06. The van der Waals surface area contributed by atoms with E-state index in [2.05, 4.69) is 25.8 Å². The standard InChI is InChI=1S/C14H23N3O/c1-4-6-9-17(11(3)5-2)14(18)13-10-12(15)7-8-16-13/h7-8,10-11H,4-6,9H2,1-3H3,(H2,15,16). The Bertz CT molecular complexity index is 392. The molecule has 0 aliphatic heterocycles. The number of pyridine rings is 1. The number of anilines is 1. The van der Waals surface area contributed by atoms with Crippen LogP contribution >= 0.6 is 0 Å². The van der Waals surface area contributed by atoms with Crippen LogP contribution in [0.5, 0.6) is 0 Å². The third kappa shape index (κ3) is 3.72. The van der Waals surface area contributed by atoms with Crippen molar-refractivity contribution in [3.63, 3.8) is 0 Å². The Morgan fingerprint density at radius 2 is 2.22 bits per heavy atom. The average Bonchev–Trinajstić information content (AvgIpc) is 2.38. The summed E-state index contributed by atoms with van der Waals surface area (Å²) in [6.07, 6.45) is 4.61. The Morgan fingerprint density at radius 3 is 2.78 bits per heavy atom. The Labute approximate surface area is 109 Å². The first-order valence-corrected chi connectivity index (χ1v) is 6.62. The van der Waals surface area contributed by atoms with Gasteiger partial charge in [-0.1, -0.05) is 20.3 Å². The van der Waals surface area contributed by atoms with E-state index < -0.39 is 0 Å². The van der Waals surface area contributed by atoms with Gasteiger partial charge in [-0.25, -0.2) is 0 Å². The number of hydrogen-bond donors (Lipinski definition) is 1. The van der Waals surface area contributed by atoms with Crippen LogP contribution < -0.4 is 5.73 Å². The van der Waals surface area contributed by atoms with Gasteiger partial charge in [-0.3, -0.25) is 9.78 Å². The Balaban J connectivity index is 2.87. The van der Waals surface area contributed by atoms with E-state index in [1.807, 2.05) is 4.90 Å². The van der Waals surface area contributed by atoms with Gasteiger partial charge in [0.15, 0.2) is 0 Å². The molecule has 1 heterocycles. The number of carbonyl (C=O) groups is 1. The van der Waals surface area contributed by atoms with Crippen LogP contribution in [-0.2, 0) is 0 Å². The molecule has 0 aliphatic carbocycles. The van der Waals surface area contributed by atoms with Crippen LogP contribution in [-0.4, -0.2) is 28.4 Å². The van der Waals surface area contributed by atoms with Gasteiger partial charge < -0.3 is 10.6 Å². The zero-order chi connectivity index (χ0) is 13.5. The van der Waals surface area contributed by atoms with Gasteiger partial charge in [-0.2, -0.15) is 0 Å². The first-order valence-electron chi connectivity index (χ1n) is 6.62. The molecule has 0 spiro atoms.